The molecule has 0 saturated heterocycles. The zero-order valence-corrected chi connectivity index (χ0v) is 12.5. The number of rotatable bonds is 7. The number of carbonyl (C=O) groups excluding carboxylic acids is 2. The molecule has 1 rings (SSSR count). The lowest BCUT2D eigenvalue weighted by Crippen LogP contribution is -2.34. The van der Waals surface area contributed by atoms with E-state index in [-0.39, 0.29) is 17.9 Å². The molecule has 0 bridgehead atoms. The fourth-order valence-electron chi connectivity index (χ4n) is 1.91. The molecule has 1 aromatic carbocycles. The molecule has 116 valence electrons. The van der Waals surface area contributed by atoms with Crippen molar-refractivity contribution in [3.63, 3.8) is 0 Å². The van der Waals surface area contributed by atoms with Gasteiger partial charge < -0.3 is 21.5 Å². The van der Waals surface area contributed by atoms with E-state index in [4.69, 9.17) is 10.8 Å². The second-order valence-corrected chi connectivity index (χ2v) is 5.74. The lowest BCUT2D eigenvalue weighted by molar-refractivity contribution is 0.0933. The highest BCUT2D eigenvalue weighted by Crippen LogP contribution is 2.21. The van der Waals surface area contributed by atoms with Gasteiger partial charge in [0.25, 0.3) is 5.91 Å². The van der Waals surface area contributed by atoms with Crippen LogP contribution < -0.4 is 16.4 Å². The van der Waals surface area contributed by atoms with E-state index in [9.17, 15) is 9.59 Å². The molecule has 0 heterocycles. The number of nitrogens with one attached hydrogen (secondary N) is 2. The fourth-order valence-corrected chi connectivity index (χ4v) is 1.91. The van der Waals surface area contributed by atoms with E-state index < -0.39 is 6.03 Å². The lowest BCUT2D eigenvalue weighted by Gasteiger charge is -2.24. The minimum atomic E-state index is -0.641. The largest absolute Gasteiger partial charge is 0.396 e. The van der Waals surface area contributed by atoms with Crippen molar-refractivity contribution < 1.29 is 14.7 Å². The highest BCUT2D eigenvalue weighted by molar-refractivity contribution is 5.95. The van der Waals surface area contributed by atoms with Gasteiger partial charge in [0.1, 0.15) is 0 Å². The highest BCUT2D eigenvalue weighted by atomic mass is 16.3. The molecule has 0 spiro atoms. The lowest BCUT2D eigenvalue weighted by atomic mass is 9.88. The molecule has 6 heteroatoms. The molecule has 0 aliphatic carbocycles. The smallest absolute Gasteiger partial charge is 0.316 e. The number of anilines is 1. The average Bonchev–Trinajstić information content (AvgIpc) is 2.43. The number of hydrogen-bond acceptors (Lipinski definition) is 3. The van der Waals surface area contributed by atoms with Gasteiger partial charge in [-0.25, -0.2) is 4.79 Å². The number of carbonyl (C=O) groups is 2. The van der Waals surface area contributed by atoms with Gasteiger partial charge in [-0.05, 0) is 42.5 Å². The van der Waals surface area contributed by atoms with Gasteiger partial charge in [-0.2, -0.15) is 0 Å². The Morgan fingerprint density at radius 1 is 1.24 bits per heavy atom. The maximum atomic E-state index is 12.0. The maximum absolute atomic E-state index is 12.0. The van der Waals surface area contributed by atoms with Crippen molar-refractivity contribution in [2.24, 2.45) is 11.1 Å². The van der Waals surface area contributed by atoms with Crippen LogP contribution in [0.2, 0.25) is 0 Å². The van der Waals surface area contributed by atoms with Crippen LogP contribution in [-0.4, -0.2) is 30.2 Å². The first-order valence-corrected chi connectivity index (χ1v) is 6.90. The summed E-state index contributed by atoms with van der Waals surface area (Å²) < 4.78 is 0. The van der Waals surface area contributed by atoms with E-state index in [1.807, 2.05) is 13.8 Å². The van der Waals surface area contributed by atoms with Gasteiger partial charge in [-0.1, -0.05) is 13.8 Å². The van der Waals surface area contributed by atoms with E-state index in [0.717, 1.165) is 12.8 Å². The average molecular weight is 293 g/mol. The standard InChI is InChI=1S/C15H23N3O3/c1-15(2,8-3-9-19)10-17-13(20)11-4-6-12(7-5-11)18-14(16)21/h4-7,19H,3,8-10H2,1-2H3,(H,17,20)(H3,16,18,21). The summed E-state index contributed by atoms with van der Waals surface area (Å²) in [5.74, 6) is -0.169. The van der Waals surface area contributed by atoms with Crippen molar-refractivity contribution in [1.82, 2.24) is 5.32 Å². The second-order valence-electron chi connectivity index (χ2n) is 5.74. The van der Waals surface area contributed by atoms with Gasteiger partial charge in [0.15, 0.2) is 0 Å². The number of hydrogen-bond donors (Lipinski definition) is 4. The van der Waals surface area contributed by atoms with E-state index in [1.54, 1.807) is 24.3 Å². The molecular formula is C15H23N3O3. The fraction of sp³-hybridized carbons (Fsp3) is 0.467. The molecule has 1 aromatic rings. The summed E-state index contributed by atoms with van der Waals surface area (Å²) in [4.78, 5) is 22.7. The van der Waals surface area contributed by atoms with Gasteiger partial charge in [-0.3, -0.25) is 4.79 Å². The molecular weight excluding hydrogens is 270 g/mol. The number of urea groups is 1. The van der Waals surface area contributed by atoms with Gasteiger partial charge in [0, 0.05) is 24.4 Å². The molecule has 6 nitrogen and oxygen atoms in total. The van der Waals surface area contributed by atoms with E-state index in [2.05, 4.69) is 10.6 Å². The van der Waals surface area contributed by atoms with Crippen LogP contribution in [-0.2, 0) is 0 Å². The summed E-state index contributed by atoms with van der Waals surface area (Å²) in [6.45, 7) is 4.78. The van der Waals surface area contributed by atoms with Gasteiger partial charge in [0.2, 0.25) is 0 Å². The first-order chi connectivity index (χ1) is 9.84. The van der Waals surface area contributed by atoms with Crippen LogP contribution in [0.1, 0.15) is 37.0 Å². The Kier molecular flexibility index (Phi) is 6.17. The Morgan fingerprint density at radius 3 is 2.38 bits per heavy atom. The highest BCUT2D eigenvalue weighted by Gasteiger charge is 2.18. The molecule has 3 amide bonds. The second kappa shape index (κ2) is 7.64. The van der Waals surface area contributed by atoms with Crippen LogP contribution in [0.15, 0.2) is 24.3 Å². The van der Waals surface area contributed by atoms with Crippen LogP contribution in [0.5, 0.6) is 0 Å². The molecule has 0 aliphatic heterocycles. The topological polar surface area (TPSA) is 104 Å². The van der Waals surface area contributed by atoms with Crippen molar-refractivity contribution in [2.75, 3.05) is 18.5 Å². The third-order valence-corrected chi connectivity index (χ3v) is 3.15. The zero-order valence-electron chi connectivity index (χ0n) is 12.5. The zero-order chi connectivity index (χ0) is 15.9. The predicted molar refractivity (Wildman–Crippen MR) is 82.1 cm³/mol. The molecule has 0 radical (unpaired) electrons. The minimum Gasteiger partial charge on any atom is -0.396 e. The van der Waals surface area contributed by atoms with Crippen molar-refractivity contribution >= 4 is 17.6 Å². The summed E-state index contributed by atoms with van der Waals surface area (Å²) in [5.41, 5.74) is 6.01. The van der Waals surface area contributed by atoms with Crippen molar-refractivity contribution in [3.05, 3.63) is 29.8 Å². The third kappa shape index (κ3) is 6.27. The van der Waals surface area contributed by atoms with Crippen molar-refractivity contribution in [1.29, 1.82) is 0 Å². The molecule has 21 heavy (non-hydrogen) atoms. The van der Waals surface area contributed by atoms with E-state index in [0.29, 0.717) is 17.8 Å². The van der Waals surface area contributed by atoms with E-state index in [1.165, 1.54) is 0 Å². The number of nitrogens with two attached hydrogens (primary N) is 1. The Morgan fingerprint density at radius 2 is 1.86 bits per heavy atom. The summed E-state index contributed by atoms with van der Waals surface area (Å²) in [6, 6.07) is 5.85. The van der Waals surface area contributed by atoms with Crippen LogP contribution >= 0.6 is 0 Å². The normalized spacial score (nSPS) is 11.0. The molecule has 0 atom stereocenters. The van der Waals surface area contributed by atoms with Gasteiger partial charge in [0.05, 0.1) is 0 Å². The summed E-state index contributed by atoms with van der Waals surface area (Å²) in [7, 11) is 0. The molecule has 0 aliphatic rings. The van der Waals surface area contributed by atoms with Gasteiger partial charge in [-0.15, -0.1) is 0 Å². The van der Waals surface area contributed by atoms with Crippen LogP contribution in [0, 0.1) is 5.41 Å². The van der Waals surface area contributed by atoms with Crippen LogP contribution in [0.25, 0.3) is 0 Å². The maximum Gasteiger partial charge on any atom is 0.316 e. The molecule has 0 saturated carbocycles. The van der Waals surface area contributed by atoms with Crippen LogP contribution in [0.4, 0.5) is 10.5 Å². The molecule has 5 N–H and O–H groups in total. The first kappa shape index (κ1) is 17.0. The van der Waals surface area contributed by atoms with E-state index >= 15 is 0 Å². The third-order valence-electron chi connectivity index (χ3n) is 3.15. The molecule has 0 fully saturated rings. The van der Waals surface area contributed by atoms with Crippen molar-refractivity contribution in [2.45, 2.75) is 26.7 Å². The number of aliphatic hydroxyl groups is 1. The summed E-state index contributed by atoms with van der Waals surface area (Å²) >= 11 is 0. The number of amides is 3. The summed E-state index contributed by atoms with van der Waals surface area (Å²) in [6.07, 6.45) is 1.56. The minimum absolute atomic E-state index is 0.0636. The Hall–Kier alpha value is -2.08. The van der Waals surface area contributed by atoms with Crippen molar-refractivity contribution in [3.8, 4) is 0 Å². The predicted octanol–water partition coefficient (Wildman–Crippen LogP) is 1.71. The number of aliphatic hydroxyl groups excluding tert-OH is 1. The number of primary amides is 1. The summed E-state index contributed by atoms with van der Waals surface area (Å²) in [5, 5.41) is 14.2. The Balaban J connectivity index is 2.53. The van der Waals surface area contributed by atoms with Crippen LogP contribution in [0.3, 0.4) is 0 Å². The Bertz CT molecular complexity index is 483. The first-order valence-electron chi connectivity index (χ1n) is 6.90. The van der Waals surface area contributed by atoms with Gasteiger partial charge >= 0.3 is 6.03 Å². The molecule has 0 unspecified atom stereocenters. The Labute approximate surface area is 124 Å². The monoisotopic (exact) mass is 293 g/mol. The quantitative estimate of drug-likeness (QED) is 0.615. The number of benzene rings is 1. The molecule has 0 aromatic heterocycles. The SMILES string of the molecule is CC(C)(CCCO)CNC(=O)c1ccc(NC(N)=O)cc1.